The number of esters is 1. The highest BCUT2D eigenvalue weighted by atomic mass is 16.5. The molecule has 2 rings (SSSR count). The van der Waals surface area contributed by atoms with E-state index in [9.17, 15) is 14.7 Å². The number of carboxylic acid groups (broad SMARTS) is 1. The number of hydrogen-bond donors (Lipinski definition) is 3. The van der Waals surface area contributed by atoms with Crippen molar-refractivity contribution in [2.24, 2.45) is 0 Å². The van der Waals surface area contributed by atoms with E-state index in [4.69, 9.17) is 19.7 Å². The molecule has 0 saturated carbocycles. The second kappa shape index (κ2) is 10.5. The lowest BCUT2D eigenvalue weighted by molar-refractivity contribution is -0.140. The Labute approximate surface area is 156 Å². The molecular formula is C19H22O8. The van der Waals surface area contributed by atoms with Gasteiger partial charge in [-0.05, 0) is 35.4 Å². The van der Waals surface area contributed by atoms with Crippen molar-refractivity contribution < 1.29 is 39.1 Å². The van der Waals surface area contributed by atoms with Gasteiger partial charge in [0.15, 0.2) is 0 Å². The maximum atomic E-state index is 10.9. The van der Waals surface area contributed by atoms with E-state index in [2.05, 4.69) is 4.74 Å². The largest absolute Gasteiger partial charge is 0.508 e. The Morgan fingerprint density at radius 2 is 1.22 bits per heavy atom. The molecule has 27 heavy (non-hydrogen) atoms. The third-order valence-corrected chi connectivity index (χ3v) is 3.31. The Hall–Kier alpha value is -3.42. The van der Waals surface area contributed by atoms with Gasteiger partial charge in [0.2, 0.25) is 0 Å². The fraction of sp³-hybridized carbons (Fsp3) is 0.263. The number of rotatable bonds is 6. The summed E-state index contributed by atoms with van der Waals surface area (Å²) < 4.78 is 14.3. The van der Waals surface area contributed by atoms with Crippen LogP contribution in [0.2, 0.25) is 0 Å². The van der Waals surface area contributed by atoms with E-state index >= 15 is 0 Å². The maximum absolute atomic E-state index is 10.9. The Morgan fingerprint density at radius 1 is 0.778 bits per heavy atom. The summed E-state index contributed by atoms with van der Waals surface area (Å²) in [4.78, 5) is 21.3. The smallest absolute Gasteiger partial charge is 0.309 e. The number of phenolic OH excluding ortho intramolecular Hbond substituents is 2. The monoisotopic (exact) mass is 378 g/mol. The lowest BCUT2D eigenvalue weighted by atomic mass is 10.1. The first-order valence-electron chi connectivity index (χ1n) is 7.79. The molecule has 0 amide bonds. The van der Waals surface area contributed by atoms with Crippen LogP contribution in [0.25, 0.3) is 0 Å². The molecule has 0 bridgehead atoms. The quantitative estimate of drug-likeness (QED) is 0.654. The molecule has 0 atom stereocenters. The zero-order valence-corrected chi connectivity index (χ0v) is 15.3. The summed E-state index contributed by atoms with van der Waals surface area (Å²) in [5.41, 5.74) is 1.18. The second-order valence-corrected chi connectivity index (χ2v) is 5.40. The second-order valence-electron chi connectivity index (χ2n) is 5.40. The molecule has 0 unspecified atom stereocenters. The third-order valence-electron chi connectivity index (χ3n) is 3.31. The minimum atomic E-state index is -0.937. The van der Waals surface area contributed by atoms with E-state index in [1.807, 2.05) is 0 Å². The molecule has 0 aliphatic rings. The summed E-state index contributed by atoms with van der Waals surface area (Å²) in [5, 5.41) is 26.9. The molecule has 0 radical (unpaired) electrons. The number of benzene rings is 2. The van der Waals surface area contributed by atoms with Crippen LogP contribution < -0.4 is 9.47 Å². The van der Waals surface area contributed by atoms with Gasteiger partial charge in [-0.15, -0.1) is 0 Å². The molecule has 0 aliphatic heterocycles. The Balaban J connectivity index is 0.000000271. The lowest BCUT2D eigenvalue weighted by Gasteiger charge is -2.04. The number of aromatic hydroxyl groups is 2. The van der Waals surface area contributed by atoms with Crippen molar-refractivity contribution in [3.8, 4) is 23.0 Å². The van der Waals surface area contributed by atoms with Gasteiger partial charge in [-0.3, -0.25) is 9.59 Å². The Kier molecular flexibility index (Phi) is 8.44. The van der Waals surface area contributed by atoms with Crippen LogP contribution in [-0.2, 0) is 27.2 Å². The zero-order valence-electron chi connectivity index (χ0n) is 15.3. The molecular weight excluding hydrogens is 356 g/mol. The number of hydrogen-bond acceptors (Lipinski definition) is 7. The minimum absolute atomic E-state index is 0.00981. The first-order valence-corrected chi connectivity index (χ1v) is 7.79. The molecule has 2 aromatic rings. The van der Waals surface area contributed by atoms with Crippen molar-refractivity contribution in [1.82, 2.24) is 0 Å². The molecule has 2 aromatic carbocycles. The minimum Gasteiger partial charge on any atom is -0.508 e. The van der Waals surface area contributed by atoms with Gasteiger partial charge in [0.05, 0.1) is 34.2 Å². The summed E-state index contributed by atoms with van der Waals surface area (Å²) in [6, 6.07) is 9.05. The van der Waals surface area contributed by atoms with Crippen molar-refractivity contribution in [1.29, 1.82) is 0 Å². The highest BCUT2D eigenvalue weighted by Crippen LogP contribution is 2.22. The van der Waals surface area contributed by atoms with Crippen molar-refractivity contribution in [2.75, 3.05) is 21.3 Å². The fourth-order valence-electron chi connectivity index (χ4n) is 2.14. The number of aliphatic carboxylic acids is 1. The molecule has 8 nitrogen and oxygen atoms in total. The molecule has 0 aromatic heterocycles. The topological polar surface area (TPSA) is 123 Å². The van der Waals surface area contributed by atoms with Crippen LogP contribution in [0.3, 0.4) is 0 Å². The molecule has 146 valence electrons. The lowest BCUT2D eigenvalue weighted by Crippen LogP contribution is -2.04. The zero-order chi connectivity index (χ0) is 20.4. The van der Waals surface area contributed by atoms with Gasteiger partial charge in [0, 0.05) is 12.1 Å². The van der Waals surface area contributed by atoms with Crippen LogP contribution >= 0.6 is 0 Å². The van der Waals surface area contributed by atoms with Crippen molar-refractivity contribution >= 4 is 11.9 Å². The van der Waals surface area contributed by atoms with E-state index in [0.29, 0.717) is 22.6 Å². The number of carboxylic acids is 1. The molecule has 0 saturated heterocycles. The SMILES string of the molecule is COC(=O)Cc1cc(O)cc(OC)c1.COc1cc(O)cc(CC(=O)O)c1. The van der Waals surface area contributed by atoms with E-state index < -0.39 is 5.97 Å². The van der Waals surface area contributed by atoms with Gasteiger partial charge in [-0.2, -0.15) is 0 Å². The van der Waals surface area contributed by atoms with Gasteiger partial charge >= 0.3 is 11.9 Å². The number of carbonyl (C=O) groups excluding carboxylic acids is 1. The Morgan fingerprint density at radius 3 is 1.59 bits per heavy atom. The predicted molar refractivity (Wildman–Crippen MR) is 96.4 cm³/mol. The van der Waals surface area contributed by atoms with Crippen molar-refractivity contribution in [3.05, 3.63) is 47.5 Å². The highest BCUT2D eigenvalue weighted by molar-refractivity contribution is 5.72. The highest BCUT2D eigenvalue weighted by Gasteiger charge is 2.06. The molecule has 0 aliphatic carbocycles. The molecule has 8 heteroatoms. The number of ether oxygens (including phenoxy) is 3. The van der Waals surface area contributed by atoms with Crippen LogP contribution in [0.15, 0.2) is 36.4 Å². The van der Waals surface area contributed by atoms with Crippen LogP contribution in [0.1, 0.15) is 11.1 Å². The van der Waals surface area contributed by atoms with Crippen LogP contribution in [0.5, 0.6) is 23.0 Å². The number of carbonyl (C=O) groups is 2. The molecule has 0 heterocycles. The fourth-order valence-corrected chi connectivity index (χ4v) is 2.14. The molecule has 3 N–H and O–H groups in total. The van der Waals surface area contributed by atoms with Gasteiger partial charge in [-0.1, -0.05) is 0 Å². The van der Waals surface area contributed by atoms with Gasteiger partial charge < -0.3 is 29.5 Å². The maximum Gasteiger partial charge on any atom is 0.309 e. The van der Waals surface area contributed by atoms with Crippen molar-refractivity contribution in [3.63, 3.8) is 0 Å². The van der Waals surface area contributed by atoms with E-state index in [1.165, 1.54) is 45.6 Å². The summed E-state index contributed by atoms with van der Waals surface area (Å²) in [6.45, 7) is 0. The standard InChI is InChI=1S/C10H12O4.C9H10O4/c1-13-9-4-7(3-8(11)6-9)5-10(12)14-2;1-13-8-3-6(4-9(11)12)2-7(10)5-8/h3-4,6,11H,5H2,1-2H3;2-3,5,10H,4H2,1H3,(H,11,12). The van der Waals surface area contributed by atoms with Crippen LogP contribution in [0, 0.1) is 0 Å². The summed E-state index contributed by atoms with van der Waals surface area (Å²) in [7, 11) is 4.28. The molecule has 0 fully saturated rings. The van der Waals surface area contributed by atoms with Gasteiger partial charge in [-0.25, -0.2) is 0 Å². The Bertz CT molecular complexity index is 785. The van der Waals surface area contributed by atoms with Crippen LogP contribution in [0.4, 0.5) is 0 Å². The van der Waals surface area contributed by atoms with E-state index in [1.54, 1.807) is 12.1 Å². The summed E-state index contributed by atoms with van der Waals surface area (Å²) >= 11 is 0. The van der Waals surface area contributed by atoms with E-state index in [0.717, 1.165) is 0 Å². The van der Waals surface area contributed by atoms with E-state index in [-0.39, 0.29) is 30.3 Å². The first kappa shape index (κ1) is 21.6. The summed E-state index contributed by atoms with van der Waals surface area (Å²) in [5.74, 6) is -0.232. The van der Waals surface area contributed by atoms with Crippen molar-refractivity contribution in [2.45, 2.75) is 12.8 Å². The predicted octanol–water partition coefficient (Wildman–Crippen LogP) is 2.14. The summed E-state index contributed by atoms with van der Waals surface area (Å²) in [6.07, 6.45) is 0.00597. The van der Waals surface area contributed by atoms with Crippen LogP contribution in [-0.4, -0.2) is 48.6 Å². The third kappa shape index (κ3) is 8.00. The normalized spacial score (nSPS) is 9.59. The van der Waals surface area contributed by atoms with Gasteiger partial charge in [0.25, 0.3) is 0 Å². The number of methoxy groups -OCH3 is 3. The molecule has 0 spiro atoms. The average molecular weight is 378 g/mol. The average Bonchev–Trinajstić information content (AvgIpc) is 2.60. The number of phenols is 2. The first-order chi connectivity index (χ1) is 12.8. The van der Waals surface area contributed by atoms with Gasteiger partial charge in [0.1, 0.15) is 23.0 Å².